The smallest absolute Gasteiger partial charge is 0.383 e. The van der Waals surface area contributed by atoms with Gasteiger partial charge < -0.3 is 5.73 Å². The normalized spacial score (nSPS) is 29.7. The molecule has 0 radical (unpaired) electrons. The van der Waals surface area contributed by atoms with Crippen LogP contribution in [0.5, 0.6) is 0 Å². The van der Waals surface area contributed by atoms with Gasteiger partial charge in [-0.1, -0.05) is 6.92 Å². The first-order valence-electron chi connectivity index (χ1n) is 11.9. The Morgan fingerprint density at radius 1 is 1.18 bits per heavy atom. The van der Waals surface area contributed by atoms with E-state index in [1.54, 1.807) is 0 Å². The average Bonchev–Trinajstić information content (AvgIpc) is 3.12. The third kappa shape index (κ3) is 4.21. The van der Waals surface area contributed by atoms with Gasteiger partial charge in [0.25, 0.3) is 0 Å². The van der Waals surface area contributed by atoms with Gasteiger partial charge in [-0.3, -0.25) is 9.58 Å². The van der Waals surface area contributed by atoms with E-state index in [9.17, 15) is 21.6 Å². The first kappa shape index (κ1) is 23.6. The Morgan fingerprint density at radius 3 is 2.41 bits per heavy atom. The Labute approximate surface area is 197 Å². The predicted molar refractivity (Wildman–Crippen MR) is 123 cm³/mol. The molecule has 2 aromatic heterocycles. The third-order valence-corrected chi connectivity index (χ3v) is 9.56. The molecule has 2 aliphatic carbocycles. The second kappa shape index (κ2) is 8.22. The van der Waals surface area contributed by atoms with Crippen LogP contribution >= 0.6 is 0 Å². The van der Waals surface area contributed by atoms with Crippen molar-refractivity contribution >= 4 is 15.7 Å². The maximum atomic E-state index is 13.4. The third-order valence-electron chi connectivity index (χ3n) is 7.95. The molecule has 1 aliphatic heterocycles. The lowest BCUT2D eigenvalue weighted by atomic mass is 10.0. The zero-order valence-corrected chi connectivity index (χ0v) is 20.1. The summed E-state index contributed by atoms with van der Waals surface area (Å²) in [5.41, 5.74) is 6.39. The number of rotatable bonds is 5. The number of nitrogens with zero attached hydrogens (tertiary/aromatic N) is 4. The molecule has 2 N–H and O–H groups in total. The highest BCUT2D eigenvalue weighted by molar-refractivity contribution is 7.91. The number of nitrogens with two attached hydrogens (primary N) is 1. The minimum absolute atomic E-state index is 0.122. The van der Waals surface area contributed by atoms with Gasteiger partial charge in [0.15, 0.2) is 9.84 Å². The van der Waals surface area contributed by atoms with Crippen molar-refractivity contribution in [2.75, 3.05) is 30.3 Å². The summed E-state index contributed by atoms with van der Waals surface area (Å²) in [6, 6.07) is 3.49. The van der Waals surface area contributed by atoms with Crippen LogP contribution in [0.4, 0.5) is 19.0 Å². The molecule has 3 heterocycles. The van der Waals surface area contributed by atoms with Gasteiger partial charge in [0.2, 0.25) is 0 Å². The number of anilines is 1. The quantitative estimate of drug-likeness (QED) is 0.677. The van der Waals surface area contributed by atoms with Gasteiger partial charge in [-0.15, -0.1) is 0 Å². The number of aromatic nitrogens is 3. The number of pyridine rings is 1. The molecule has 0 aromatic carbocycles. The van der Waals surface area contributed by atoms with Crippen LogP contribution in [-0.4, -0.2) is 58.7 Å². The number of fused-ring (bicyclic) bond motifs is 1. The van der Waals surface area contributed by atoms with E-state index in [2.05, 4.69) is 23.7 Å². The van der Waals surface area contributed by atoms with Crippen molar-refractivity contribution in [3.8, 4) is 11.3 Å². The second-order valence-electron chi connectivity index (χ2n) is 9.98. The molecule has 3 fully saturated rings. The maximum Gasteiger partial charge on any atom is 0.419 e. The van der Waals surface area contributed by atoms with E-state index in [0.29, 0.717) is 48.1 Å². The molecule has 3 aliphatic rings. The topological polar surface area (TPSA) is 94.1 Å². The lowest BCUT2D eigenvalue weighted by Gasteiger charge is -2.33. The van der Waals surface area contributed by atoms with Crippen molar-refractivity contribution in [2.45, 2.75) is 57.3 Å². The van der Waals surface area contributed by atoms with Crippen LogP contribution in [-0.2, 0) is 16.0 Å². The molecule has 186 valence electrons. The summed E-state index contributed by atoms with van der Waals surface area (Å²) in [6.45, 7) is 5.35. The van der Waals surface area contributed by atoms with Crippen LogP contribution in [0.25, 0.3) is 11.3 Å². The average molecular weight is 498 g/mol. The maximum absolute atomic E-state index is 13.4. The number of nitrogen functional groups attached to an aromatic ring is 1. The van der Waals surface area contributed by atoms with Crippen LogP contribution in [0.3, 0.4) is 0 Å². The Morgan fingerprint density at radius 2 is 1.82 bits per heavy atom. The fourth-order valence-electron chi connectivity index (χ4n) is 5.81. The number of hydrogen-bond donors (Lipinski definition) is 1. The number of alkyl halides is 3. The Hall–Kier alpha value is -2.14. The van der Waals surface area contributed by atoms with Crippen molar-refractivity contribution < 1.29 is 21.6 Å². The number of halogens is 3. The van der Waals surface area contributed by atoms with Crippen LogP contribution < -0.4 is 5.73 Å². The lowest BCUT2D eigenvalue weighted by molar-refractivity contribution is -0.137. The van der Waals surface area contributed by atoms with Crippen LogP contribution in [0.15, 0.2) is 18.3 Å². The molecule has 7 nitrogen and oxygen atoms in total. The molecule has 5 rings (SSSR count). The molecule has 34 heavy (non-hydrogen) atoms. The van der Waals surface area contributed by atoms with E-state index in [4.69, 9.17) is 10.8 Å². The highest BCUT2D eigenvalue weighted by atomic mass is 32.2. The van der Waals surface area contributed by atoms with Crippen molar-refractivity contribution in [1.82, 2.24) is 19.7 Å². The van der Waals surface area contributed by atoms with Crippen LogP contribution in [0.2, 0.25) is 0 Å². The predicted octanol–water partition coefficient (Wildman–Crippen LogP) is 3.74. The van der Waals surface area contributed by atoms with E-state index in [-0.39, 0.29) is 17.5 Å². The van der Waals surface area contributed by atoms with Gasteiger partial charge in [-0.25, -0.2) is 13.4 Å². The molecular weight excluding hydrogens is 467 g/mol. The fourth-order valence-corrected chi connectivity index (χ4v) is 7.04. The monoisotopic (exact) mass is 497 g/mol. The summed E-state index contributed by atoms with van der Waals surface area (Å²) < 4.78 is 65.6. The van der Waals surface area contributed by atoms with Gasteiger partial charge in [0.1, 0.15) is 5.82 Å². The van der Waals surface area contributed by atoms with Crippen molar-refractivity contribution in [3.63, 3.8) is 0 Å². The summed E-state index contributed by atoms with van der Waals surface area (Å²) in [4.78, 5) is 6.10. The molecule has 2 saturated carbocycles. The Kier molecular flexibility index (Phi) is 5.70. The van der Waals surface area contributed by atoms with E-state index < -0.39 is 27.4 Å². The molecule has 11 heteroatoms. The number of hydrogen-bond acceptors (Lipinski definition) is 6. The molecule has 5 atom stereocenters. The minimum Gasteiger partial charge on any atom is -0.383 e. The van der Waals surface area contributed by atoms with E-state index in [0.717, 1.165) is 31.0 Å². The highest BCUT2D eigenvalue weighted by Gasteiger charge is 2.58. The minimum atomic E-state index is -4.58. The standard InChI is InChI=1S/C23H30F3N5O2S/c1-3-13(2)31-20(11-19(29-31)14-8-18(23(24,25)26)22(27)28-12-14)21-16-9-15(10-17(16)21)30-4-6-34(32,33)7-5-30/h8,11-13,15-17,21H,3-7,9-10H2,1-2H3,(H2,27,28)/t13?,15?,16-,17+,21?. The number of sulfone groups is 1. The molecule has 3 unspecified atom stereocenters. The van der Waals surface area contributed by atoms with Gasteiger partial charge in [-0.2, -0.15) is 18.3 Å². The van der Waals surface area contributed by atoms with Crippen LogP contribution in [0.1, 0.15) is 56.3 Å². The van der Waals surface area contributed by atoms with Gasteiger partial charge in [0, 0.05) is 48.5 Å². The summed E-state index contributed by atoms with van der Waals surface area (Å²) in [7, 11) is -2.89. The summed E-state index contributed by atoms with van der Waals surface area (Å²) in [5, 5.41) is 4.71. The molecular formula is C23H30F3N5O2S. The molecule has 2 aromatic rings. The van der Waals surface area contributed by atoms with Gasteiger partial charge >= 0.3 is 6.18 Å². The van der Waals surface area contributed by atoms with E-state index >= 15 is 0 Å². The molecule has 0 bridgehead atoms. The van der Waals surface area contributed by atoms with Gasteiger partial charge in [-0.05, 0) is 50.2 Å². The molecule has 0 spiro atoms. The fraction of sp³-hybridized carbons (Fsp3) is 0.652. The summed E-state index contributed by atoms with van der Waals surface area (Å²) >= 11 is 0. The highest BCUT2D eigenvalue weighted by Crippen LogP contribution is 2.64. The SMILES string of the molecule is CCC(C)n1nc(-c2cnc(N)c(C(F)(F)F)c2)cc1C1[C@H]2CC(N3CCS(=O)(=O)CC3)C[C@@H]12. The van der Waals surface area contributed by atoms with E-state index in [1.165, 1.54) is 6.20 Å². The lowest BCUT2D eigenvalue weighted by Crippen LogP contribution is -2.45. The van der Waals surface area contributed by atoms with E-state index in [1.807, 2.05) is 10.7 Å². The van der Waals surface area contributed by atoms with Crippen molar-refractivity contribution in [3.05, 3.63) is 29.6 Å². The first-order chi connectivity index (χ1) is 16.0. The zero-order chi connectivity index (χ0) is 24.4. The first-order valence-corrected chi connectivity index (χ1v) is 13.7. The summed E-state index contributed by atoms with van der Waals surface area (Å²) in [6.07, 6.45) is -0.317. The van der Waals surface area contributed by atoms with Crippen LogP contribution in [0, 0.1) is 11.8 Å². The Bertz CT molecular complexity index is 1170. The summed E-state index contributed by atoms with van der Waals surface area (Å²) in [5.74, 6) is 1.29. The largest absolute Gasteiger partial charge is 0.419 e. The molecule has 0 amide bonds. The zero-order valence-electron chi connectivity index (χ0n) is 19.3. The van der Waals surface area contributed by atoms with Gasteiger partial charge in [0.05, 0.1) is 22.8 Å². The molecule has 1 saturated heterocycles. The Balaban J connectivity index is 1.37. The van der Waals surface area contributed by atoms with Crippen molar-refractivity contribution in [1.29, 1.82) is 0 Å². The second-order valence-corrected chi connectivity index (χ2v) is 12.3. The van der Waals surface area contributed by atoms with Crippen molar-refractivity contribution in [2.24, 2.45) is 11.8 Å².